The van der Waals surface area contributed by atoms with Crippen molar-refractivity contribution in [3.8, 4) is 0 Å². The van der Waals surface area contributed by atoms with Crippen molar-refractivity contribution in [2.75, 3.05) is 11.2 Å². The summed E-state index contributed by atoms with van der Waals surface area (Å²) in [6, 6.07) is 2.05. The van der Waals surface area contributed by atoms with E-state index in [1.54, 1.807) is 0 Å². The van der Waals surface area contributed by atoms with Crippen LogP contribution in [-0.2, 0) is 30.3 Å². The molecule has 13 heteroatoms. The highest BCUT2D eigenvalue weighted by Crippen LogP contribution is 2.24. The molecule has 0 fully saturated rings. The summed E-state index contributed by atoms with van der Waals surface area (Å²) in [5.74, 6) is -0.912. The summed E-state index contributed by atoms with van der Waals surface area (Å²) in [4.78, 5) is -1.46. The van der Waals surface area contributed by atoms with Crippen LogP contribution in [0.5, 0.6) is 0 Å². The maximum atomic E-state index is 11.1. The first-order valence-corrected chi connectivity index (χ1v) is 9.23. The van der Waals surface area contributed by atoms with Crippen molar-refractivity contribution in [1.82, 2.24) is 0 Å². The van der Waals surface area contributed by atoms with Gasteiger partial charge in [0.15, 0.2) is 0 Å². The van der Waals surface area contributed by atoms with E-state index in [2.05, 4.69) is 0 Å². The maximum Gasteiger partial charge on any atom is 0.296 e. The molecule has 0 aliphatic rings. The van der Waals surface area contributed by atoms with Crippen LogP contribution in [-0.4, -0.2) is 40.2 Å². The predicted octanol–water partition coefficient (Wildman–Crippen LogP) is -1.16. The molecule has 0 aromatic heterocycles. The van der Waals surface area contributed by atoms with Crippen LogP contribution in [0.3, 0.4) is 0 Å². The Bertz CT molecular complexity index is 825. The van der Waals surface area contributed by atoms with E-state index in [-0.39, 0.29) is 0 Å². The van der Waals surface area contributed by atoms with E-state index in [0.717, 1.165) is 6.07 Å². The second-order valence-electron chi connectivity index (χ2n) is 3.59. The molecule has 1 aromatic rings. The summed E-state index contributed by atoms with van der Waals surface area (Å²) in [5, 5.41) is 6.74. The summed E-state index contributed by atoms with van der Waals surface area (Å²) in [7, 11) is -13.4. The van der Waals surface area contributed by atoms with Crippen molar-refractivity contribution >= 4 is 35.9 Å². The van der Waals surface area contributed by atoms with Gasteiger partial charge >= 0.3 is 0 Å². The molecule has 0 aliphatic carbocycles. The van der Waals surface area contributed by atoms with Crippen LogP contribution in [0.25, 0.3) is 0 Å². The Balaban J connectivity index is 3.42. The molecule has 1 rings (SSSR count). The minimum Gasteiger partial charge on any atom is -0.369 e. The number of benzene rings is 1. The Labute approximate surface area is 115 Å². The fourth-order valence-electron chi connectivity index (χ4n) is 1.21. The highest BCUT2D eigenvalue weighted by molar-refractivity contribution is 7.89. The van der Waals surface area contributed by atoms with Gasteiger partial charge in [-0.1, -0.05) is 0 Å². The van der Waals surface area contributed by atoms with Crippen LogP contribution in [0.15, 0.2) is 28.0 Å². The minimum atomic E-state index is -4.74. The van der Waals surface area contributed by atoms with Crippen molar-refractivity contribution in [1.29, 1.82) is 0 Å². The number of anilines is 1. The number of hydrogen-bond acceptors (Lipinski definition) is 7. The van der Waals surface area contributed by atoms with Gasteiger partial charge in [0.1, 0.15) is 10.8 Å². The lowest BCUT2D eigenvalue weighted by Gasteiger charge is -2.10. The number of sulfonamides is 1. The maximum absolute atomic E-state index is 11.1. The third-order valence-electron chi connectivity index (χ3n) is 1.99. The third-order valence-corrected chi connectivity index (χ3v) is 4.30. The van der Waals surface area contributed by atoms with E-state index in [1.807, 2.05) is 5.32 Å². The van der Waals surface area contributed by atoms with E-state index in [0.29, 0.717) is 12.1 Å². The van der Waals surface area contributed by atoms with E-state index in [1.165, 1.54) is 0 Å². The monoisotopic (exact) mass is 346 g/mol. The topological polar surface area (TPSA) is 181 Å². The van der Waals surface area contributed by atoms with E-state index < -0.39 is 51.6 Å². The predicted molar refractivity (Wildman–Crippen MR) is 67.7 cm³/mol. The first-order valence-electron chi connectivity index (χ1n) is 4.64. The van der Waals surface area contributed by atoms with Gasteiger partial charge < -0.3 is 5.32 Å². The van der Waals surface area contributed by atoms with Crippen molar-refractivity contribution in [3.63, 3.8) is 0 Å². The average molecular weight is 346 g/mol. The second-order valence-corrected chi connectivity index (χ2v) is 8.02. The lowest BCUT2D eigenvalue weighted by atomic mass is 10.3. The van der Waals surface area contributed by atoms with Gasteiger partial charge in [-0.3, -0.25) is 9.11 Å². The highest BCUT2D eigenvalue weighted by atomic mass is 32.2. The highest BCUT2D eigenvalue weighted by Gasteiger charge is 2.20. The van der Waals surface area contributed by atoms with Crippen LogP contribution in [0.4, 0.5) is 5.69 Å². The lowest BCUT2D eigenvalue weighted by molar-refractivity contribution is 0.479. The zero-order chi connectivity index (χ0) is 15.8. The van der Waals surface area contributed by atoms with Gasteiger partial charge in [0.2, 0.25) is 10.0 Å². The number of rotatable bonds is 5. The Kier molecular flexibility index (Phi) is 4.42. The summed E-state index contributed by atoms with van der Waals surface area (Å²) >= 11 is 0. The number of nitrogens with two attached hydrogens (primary N) is 1. The Morgan fingerprint density at radius 2 is 1.55 bits per heavy atom. The molecule has 0 spiro atoms. The van der Waals surface area contributed by atoms with Crippen LogP contribution in [0.1, 0.15) is 0 Å². The fourth-order valence-corrected chi connectivity index (χ4v) is 2.72. The molecule has 0 unspecified atom stereocenters. The first kappa shape index (κ1) is 16.8. The molecule has 0 saturated heterocycles. The second kappa shape index (κ2) is 5.27. The third kappa shape index (κ3) is 4.69. The number of hydrogen-bond donors (Lipinski definition) is 4. The molecule has 0 aliphatic heterocycles. The van der Waals surface area contributed by atoms with Gasteiger partial charge in [-0.05, 0) is 18.2 Å². The normalized spacial score (nSPS) is 13.2. The van der Waals surface area contributed by atoms with Crippen molar-refractivity contribution in [2.45, 2.75) is 9.79 Å². The Morgan fingerprint density at radius 1 is 1.00 bits per heavy atom. The van der Waals surface area contributed by atoms with Gasteiger partial charge in [-0.2, -0.15) is 16.8 Å². The standard InChI is InChI=1S/C7H10N2O8S3/c8-18(10,11)4-9-6-3-5(19(12,13)14)1-2-7(6)20(15,16)17/h1-3,9H,4H2,(H2,8,10,11)(H,12,13,14)(H,15,16,17). The molecule has 0 saturated carbocycles. The fraction of sp³-hybridized carbons (Fsp3) is 0.143. The van der Waals surface area contributed by atoms with Crippen LogP contribution >= 0.6 is 0 Å². The smallest absolute Gasteiger partial charge is 0.296 e. The SMILES string of the molecule is NS(=O)(=O)CNc1cc(S(=O)(=O)O)ccc1S(=O)(=O)O. The van der Waals surface area contributed by atoms with Gasteiger partial charge in [0.25, 0.3) is 20.2 Å². The quantitative estimate of drug-likeness (QED) is 0.478. The van der Waals surface area contributed by atoms with Crippen molar-refractivity contribution < 1.29 is 34.4 Å². The van der Waals surface area contributed by atoms with Crippen LogP contribution in [0, 0.1) is 0 Å². The summed E-state index contributed by atoms with van der Waals surface area (Å²) in [6.07, 6.45) is 0. The van der Waals surface area contributed by atoms with E-state index in [9.17, 15) is 25.3 Å². The molecule has 114 valence electrons. The van der Waals surface area contributed by atoms with Crippen molar-refractivity contribution in [3.05, 3.63) is 18.2 Å². The molecular weight excluding hydrogens is 336 g/mol. The molecule has 20 heavy (non-hydrogen) atoms. The van der Waals surface area contributed by atoms with Gasteiger partial charge in [0.05, 0.1) is 10.6 Å². The molecular formula is C7H10N2O8S3. The largest absolute Gasteiger partial charge is 0.369 e. The lowest BCUT2D eigenvalue weighted by Crippen LogP contribution is -2.23. The number of nitrogens with one attached hydrogen (secondary N) is 1. The Morgan fingerprint density at radius 3 is 1.95 bits per heavy atom. The molecule has 0 amide bonds. The van der Waals surface area contributed by atoms with Crippen molar-refractivity contribution in [2.24, 2.45) is 5.14 Å². The molecule has 0 bridgehead atoms. The first-order chi connectivity index (χ1) is 8.81. The molecule has 0 heterocycles. The molecule has 5 N–H and O–H groups in total. The van der Waals surface area contributed by atoms with E-state index in [4.69, 9.17) is 14.2 Å². The number of primary sulfonamides is 1. The average Bonchev–Trinajstić information content (AvgIpc) is 2.22. The van der Waals surface area contributed by atoms with Gasteiger partial charge in [0, 0.05) is 0 Å². The molecule has 10 nitrogen and oxygen atoms in total. The van der Waals surface area contributed by atoms with Gasteiger partial charge in [-0.15, -0.1) is 0 Å². The Hall–Kier alpha value is -1.25. The van der Waals surface area contributed by atoms with E-state index >= 15 is 0 Å². The van der Waals surface area contributed by atoms with Crippen LogP contribution in [0.2, 0.25) is 0 Å². The zero-order valence-electron chi connectivity index (χ0n) is 9.59. The summed E-state index contributed by atoms with van der Waals surface area (Å²) in [5.41, 5.74) is -0.545. The zero-order valence-corrected chi connectivity index (χ0v) is 12.0. The summed E-state index contributed by atoms with van der Waals surface area (Å²) < 4.78 is 83.3. The molecule has 0 radical (unpaired) electrons. The minimum absolute atomic E-state index is 0.545. The molecule has 1 aromatic carbocycles. The molecule has 0 atom stereocenters. The summed E-state index contributed by atoms with van der Waals surface area (Å²) in [6.45, 7) is 0. The van der Waals surface area contributed by atoms with Crippen LogP contribution < -0.4 is 10.5 Å². The van der Waals surface area contributed by atoms with Gasteiger partial charge in [-0.25, -0.2) is 13.6 Å².